The maximum atomic E-state index is 14.5. The molecule has 0 atom stereocenters. The third kappa shape index (κ3) is 6.60. The minimum Gasteiger partial charge on any atom is -0.381 e. The van der Waals surface area contributed by atoms with Gasteiger partial charge in [-0.15, -0.1) is 0 Å². The van der Waals surface area contributed by atoms with Gasteiger partial charge in [0.2, 0.25) is 0 Å². The van der Waals surface area contributed by atoms with E-state index < -0.39 is 5.54 Å². The van der Waals surface area contributed by atoms with Gasteiger partial charge in [-0.25, -0.2) is 4.68 Å². The van der Waals surface area contributed by atoms with Crippen molar-refractivity contribution in [1.82, 2.24) is 14.7 Å². The van der Waals surface area contributed by atoms with E-state index >= 15 is 0 Å². The molecule has 8 nitrogen and oxygen atoms in total. The second-order valence-corrected chi connectivity index (χ2v) is 14.7. The van der Waals surface area contributed by atoms with E-state index in [9.17, 15) is 4.79 Å². The van der Waals surface area contributed by atoms with E-state index in [2.05, 4.69) is 139 Å². The number of piperazine rings is 1. The van der Waals surface area contributed by atoms with Gasteiger partial charge in [-0.3, -0.25) is 4.79 Å². The van der Waals surface area contributed by atoms with Crippen molar-refractivity contribution in [1.29, 1.82) is 0 Å². The van der Waals surface area contributed by atoms with E-state index in [-0.39, 0.29) is 11.9 Å². The summed E-state index contributed by atoms with van der Waals surface area (Å²) in [4.78, 5) is 19.3. The molecule has 9 heteroatoms. The highest BCUT2D eigenvalue weighted by molar-refractivity contribution is 9.10. The SMILES string of the molecule is CN1CCN(c2ccc(C(=O)Nc3nn(C(c4ccccc4)(c4ccccc4)c4ccccc4)c4cc(Br)ccc34)c(NC3CCOCC3)c2)CC1. The van der Waals surface area contributed by atoms with Crippen molar-refractivity contribution < 1.29 is 9.53 Å². The molecule has 1 amide bonds. The van der Waals surface area contributed by atoms with Gasteiger partial charge in [0.15, 0.2) is 5.82 Å². The Morgan fingerprint density at radius 2 is 1.37 bits per heavy atom. The van der Waals surface area contributed by atoms with Gasteiger partial charge in [0.25, 0.3) is 5.91 Å². The first-order chi connectivity index (χ1) is 25.5. The molecular weight excluding hydrogens is 712 g/mol. The summed E-state index contributed by atoms with van der Waals surface area (Å²) in [6.45, 7) is 5.33. The highest BCUT2D eigenvalue weighted by Gasteiger charge is 2.41. The highest BCUT2D eigenvalue weighted by atomic mass is 79.9. The standard InChI is InChI=1S/C43H43BrN6O2/c1-48-23-25-49(26-24-48)36-18-20-37(39(30-36)45-35-21-27-52-28-22-35)42(51)46-41-38-19-17-34(44)29-40(38)50(47-41)43(31-11-5-2-6-12-31,32-13-7-3-8-14-32)33-15-9-4-10-16-33/h2-20,29-30,35,45H,21-28H2,1H3,(H,46,47,51). The first-order valence-corrected chi connectivity index (χ1v) is 18.9. The fraction of sp³-hybridized carbons (Fsp3) is 0.256. The number of carbonyl (C=O) groups is 1. The maximum Gasteiger partial charge on any atom is 0.258 e. The third-order valence-electron chi connectivity index (χ3n) is 10.5. The van der Waals surface area contributed by atoms with Gasteiger partial charge in [0.05, 0.1) is 11.1 Å². The number of fused-ring (bicyclic) bond motifs is 1. The van der Waals surface area contributed by atoms with Crippen LogP contribution in [0.1, 0.15) is 39.9 Å². The van der Waals surface area contributed by atoms with Crippen molar-refractivity contribution in [3.8, 4) is 0 Å². The zero-order valence-corrected chi connectivity index (χ0v) is 30.9. The fourth-order valence-electron chi connectivity index (χ4n) is 7.69. The van der Waals surface area contributed by atoms with E-state index in [0.717, 1.165) is 82.5 Å². The number of nitrogens with zero attached hydrogens (tertiary/aromatic N) is 4. The minimum absolute atomic E-state index is 0.210. The summed E-state index contributed by atoms with van der Waals surface area (Å²) in [5.74, 6) is 0.290. The average Bonchev–Trinajstić information content (AvgIpc) is 3.54. The van der Waals surface area contributed by atoms with E-state index in [0.29, 0.717) is 24.6 Å². The van der Waals surface area contributed by atoms with Crippen LogP contribution in [0.5, 0.6) is 0 Å². The Balaban J connectivity index is 1.25. The summed E-state index contributed by atoms with van der Waals surface area (Å²) in [5.41, 5.74) is 5.73. The van der Waals surface area contributed by atoms with Gasteiger partial charge in [-0.05, 0) is 73.0 Å². The van der Waals surface area contributed by atoms with Crippen LogP contribution in [0.25, 0.3) is 10.9 Å². The predicted molar refractivity (Wildman–Crippen MR) is 214 cm³/mol. The number of anilines is 3. The van der Waals surface area contributed by atoms with Crippen molar-refractivity contribution in [2.24, 2.45) is 0 Å². The molecule has 0 spiro atoms. The maximum absolute atomic E-state index is 14.5. The Labute approximate surface area is 313 Å². The van der Waals surface area contributed by atoms with Crippen LogP contribution in [0, 0.1) is 0 Å². The summed E-state index contributed by atoms with van der Waals surface area (Å²) in [5, 5.41) is 13.2. The molecule has 2 aliphatic rings. The molecule has 8 rings (SSSR count). The van der Waals surface area contributed by atoms with Crippen LogP contribution in [-0.2, 0) is 10.3 Å². The number of hydrogen-bond donors (Lipinski definition) is 2. The third-order valence-corrected chi connectivity index (χ3v) is 11.0. The minimum atomic E-state index is -0.855. The number of amides is 1. The van der Waals surface area contributed by atoms with Crippen molar-refractivity contribution in [2.45, 2.75) is 24.4 Å². The molecule has 6 aromatic rings. The van der Waals surface area contributed by atoms with Crippen molar-refractivity contribution in [3.63, 3.8) is 0 Å². The van der Waals surface area contributed by atoms with Crippen LogP contribution in [0.2, 0.25) is 0 Å². The number of nitrogens with one attached hydrogen (secondary N) is 2. The van der Waals surface area contributed by atoms with Crippen molar-refractivity contribution in [2.75, 3.05) is 62.0 Å². The lowest BCUT2D eigenvalue weighted by atomic mass is 9.77. The Hall–Kier alpha value is -4.96. The number of hydrogen-bond acceptors (Lipinski definition) is 6. The smallest absolute Gasteiger partial charge is 0.258 e. The summed E-state index contributed by atoms with van der Waals surface area (Å²) in [7, 11) is 2.16. The molecule has 2 aliphatic heterocycles. The Morgan fingerprint density at radius 3 is 1.96 bits per heavy atom. The van der Waals surface area contributed by atoms with E-state index in [1.165, 1.54) is 0 Å². The molecular formula is C43H43BrN6O2. The van der Waals surface area contributed by atoms with Gasteiger partial charge in [0, 0.05) is 66.7 Å². The lowest BCUT2D eigenvalue weighted by Crippen LogP contribution is -2.44. The molecule has 2 N–H and O–H groups in total. The molecule has 0 unspecified atom stereocenters. The van der Waals surface area contributed by atoms with Crippen LogP contribution in [0.3, 0.4) is 0 Å². The quantitative estimate of drug-likeness (QED) is 0.145. The number of ether oxygens (including phenoxy) is 1. The van der Waals surface area contributed by atoms with Crippen LogP contribution >= 0.6 is 15.9 Å². The Bertz CT molecular complexity index is 2050. The fourth-order valence-corrected chi connectivity index (χ4v) is 8.04. The zero-order chi connectivity index (χ0) is 35.5. The molecule has 3 heterocycles. The number of carbonyl (C=O) groups excluding carboxylic acids is 1. The predicted octanol–water partition coefficient (Wildman–Crippen LogP) is 8.23. The van der Waals surface area contributed by atoms with Crippen LogP contribution in [-0.4, -0.2) is 73.1 Å². The molecule has 0 aliphatic carbocycles. The second kappa shape index (κ2) is 14.9. The number of halogens is 1. The lowest BCUT2D eigenvalue weighted by Gasteiger charge is -2.37. The van der Waals surface area contributed by atoms with Gasteiger partial charge in [-0.1, -0.05) is 107 Å². The number of rotatable bonds is 9. The molecule has 264 valence electrons. The molecule has 0 bridgehead atoms. The summed E-state index contributed by atoms with van der Waals surface area (Å²) < 4.78 is 8.66. The number of likely N-dealkylation sites (N-methyl/N-ethyl adjacent to an activating group) is 1. The summed E-state index contributed by atoms with van der Waals surface area (Å²) in [6.07, 6.45) is 1.79. The first-order valence-electron chi connectivity index (χ1n) is 18.1. The summed E-state index contributed by atoms with van der Waals surface area (Å²) >= 11 is 3.75. The molecule has 1 aromatic heterocycles. The van der Waals surface area contributed by atoms with Gasteiger partial charge in [-0.2, -0.15) is 5.10 Å². The molecule has 5 aromatic carbocycles. The summed E-state index contributed by atoms with van der Waals surface area (Å²) in [6, 6.07) is 44.0. The molecule has 0 saturated carbocycles. The molecule has 52 heavy (non-hydrogen) atoms. The monoisotopic (exact) mass is 754 g/mol. The van der Waals surface area contributed by atoms with Crippen LogP contribution < -0.4 is 15.5 Å². The van der Waals surface area contributed by atoms with Crippen LogP contribution in [0.4, 0.5) is 17.2 Å². The lowest BCUT2D eigenvalue weighted by molar-refractivity contribution is 0.0904. The van der Waals surface area contributed by atoms with E-state index in [4.69, 9.17) is 9.84 Å². The zero-order valence-electron chi connectivity index (χ0n) is 29.3. The normalized spacial score (nSPS) is 15.8. The van der Waals surface area contributed by atoms with E-state index in [1.807, 2.05) is 36.4 Å². The van der Waals surface area contributed by atoms with Crippen molar-refractivity contribution in [3.05, 3.63) is 154 Å². The first kappa shape index (κ1) is 34.1. The highest BCUT2D eigenvalue weighted by Crippen LogP contribution is 2.44. The number of aromatic nitrogens is 2. The molecule has 2 saturated heterocycles. The van der Waals surface area contributed by atoms with Gasteiger partial charge in [0.1, 0.15) is 5.54 Å². The molecule has 2 fully saturated rings. The number of benzene rings is 5. The van der Waals surface area contributed by atoms with E-state index in [1.54, 1.807) is 0 Å². The largest absolute Gasteiger partial charge is 0.381 e. The second-order valence-electron chi connectivity index (χ2n) is 13.7. The topological polar surface area (TPSA) is 74.7 Å². The molecule has 0 radical (unpaired) electrons. The van der Waals surface area contributed by atoms with Crippen LogP contribution in [0.15, 0.2) is 132 Å². The van der Waals surface area contributed by atoms with Crippen molar-refractivity contribution >= 4 is 49.9 Å². The average molecular weight is 756 g/mol. The Morgan fingerprint density at radius 1 is 0.769 bits per heavy atom. The Kier molecular flexibility index (Phi) is 9.82. The van der Waals surface area contributed by atoms with Gasteiger partial charge >= 0.3 is 0 Å². The van der Waals surface area contributed by atoms with Gasteiger partial charge < -0.3 is 25.2 Å².